The summed E-state index contributed by atoms with van der Waals surface area (Å²) in [5, 5.41) is 11.0. The van der Waals surface area contributed by atoms with Gasteiger partial charge in [0.25, 0.3) is 0 Å². The Morgan fingerprint density at radius 1 is 1.14 bits per heavy atom. The zero-order valence-corrected chi connectivity index (χ0v) is 26.5. The Morgan fingerprint density at radius 2 is 1.84 bits per heavy atom. The fraction of sp³-hybridized carbons (Fsp3) is 0.613. The van der Waals surface area contributed by atoms with Crippen molar-refractivity contribution in [2.45, 2.75) is 51.2 Å². The molecule has 2 heterocycles. The number of aliphatic hydroxyl groups excluding tert-OH is 1. The molecule has 1 fully saturated rings. The lowest BCUT2D eigenvalue weighted by Crippen LogP contribution is -2.52. The lowest BCUT2D eigenvalue weighted by Gasteiger charge is -2.39. The first kappa shape index (κ1) is 33.1. The van der Waals surface area contributed by atoms with Crippen molar-refractivity contribution in [2.75, 3.05) is 77.5 Å². The van der Waals surface area contributed by atoms with Gasteiger partial charge in [0, 0.05) is 76.0 Å². The van der Waals surface area contributed by atoms with Crippen molar-refractivity contribution in [1.29, 1.82) is 0 Å². The average molecular weight is 616 g/mol. The number of likely N-dealkylation sites (N-methyl/N-ethyl adjacent to an activating group) is 1. The van der Waals surface area contributed by atoms with Gasteiger partial charge in [-0.2, -0.15) is 0 Å². The number of nitrogens with zero attached hydrogens (tertiary/aromatic N) is 6. The maximum Gasteiger partial charge on any atom is 0.248 e. The summed E-state index contributed by atoms with van der Waals surface area (Å²) in [5.74, 6) is 0.638. The van der Waals surface area contributed by atoms with Crippen LogP contribution in [0.25, 0.3) is 0 Å². The van der Waals surface area contributed by atoms with Crippen LogP contribution in [0.5, 0.6) is 0 Å². The Hall–Kier alpha value is -2.83. The monoisotopic (exact) mass is 615 g/mol. The smallest absolute Gasteiger partial charge is 0.248 e. The van der Waals surface area contributed by atoms with E-state index in [9.17, 15) is 14.7 Å². The summed E-state index contributed by atoms with van der Waals surface area (Å²) in [4.78, 5) is 43.6. The predicted molar refractivity (Wildman–Crippen MR) is 167 cm³/mol. The molecule has 2 aromatic rings. The van der Waals surface area contributed by atoms with E-state index in [1.807, 2.05) is 29.2 Å². The molecule has 1 unspecified atom stereocenters. The van der Waals surface area contributed by atoms with Gasteiger partial charge in [-0.1, -0.05) is 30.7 Å². The van der Waals surface area contributed by atoms with E-state index < -0.39 is 12.0 Å². The molecule has 43 heavy (non-hydrogen) atoms. The van der Waals surface area contributed by atoms with Crippen LogP contribution in [0.1, 0.15) is 62.0 Å². The molecule has 1 aliphatic carbocycles. The number of aliphatic hydroxyl groups is 1. The average Bonchev–Trinajstić information content (AvgIpc) is 3.30. The molecule has 0 saturated carbocycles. The number of carbonyl (C=O) groups excluding carboxylic acids is 2. The topological polar surface area (TPSA) is 128 Å². The number of hydrogen-bond acceptors (Lipinski definition) is 9. The number of fused-ring (bicyclic) bond motifs is 1. The van der Waals surface area contributed by atoms with Gasteiger partial charge in [-0.05, 0) is 43.9 Å². The zero-order chi connectivity index (χ0) is 31.1. The molecule has 236 valence electrons. The van der Waals surface area contributed by atoms with Crippen molar-refractivity contribution in [3.05, 3.63) is 52.4 Å². The van der Waals surface area contributed by atoms with Crippen LogP contribution in [0.3, 0.4) is 0 Å². The molecule has 2 amide bonds. The number of halogens is 1. The van der Waals surface area contributed by atoms with Crippen LogP contribution >= 0.6 is 11.6 Å². The molecule has 3 atom stereocenters. The number of anilines is 1. The van der Waals surface area contributed by atoms with Gasteiger partial charge < -0.3 is 30.3 Å². The number of benzene rings is 1. The molecule has 0 radical (unpaired) electrons. The highest BCUT2D eigenvalue weighted by molar-refractivity contribution is 6.30. The first-order valence-electron chi connectivity index (χ1n) is 15.2. The van der Waals surface area contributed by atoms with E-state index in [-0.39, 0.29) is 30.4 Å². The third-order valence-electron chi connectivity index (χ3n) is 8.52. The van der Waals surface area contributed by atoms with Gasteiger partial charge in [0.15, 0.2) is 0 Å². The second-order valence-electron chi connectivity index (χ2n) is 11.8. The number of rotatable bonds is 13. The Bertz CT molecular complexity index is 1220. The van der Waals surface area contributed by atoms with E-state index in [0.29, 0.717) is 70.4 Å². The van der Waals surface area contributed by atoms with Crippen molar-refractivity contribution >= 4 is 29.2 Å². The summed E-state index contributed by atoms with van der Waals surface area (Å²) in [7, 11) is 1.77. The molecular formula is C31H46ClN7O4. The van der Waals surface area contributed by atoms with Gasteiger partial charge in [-0.3, -0.25) is 14.5 Å². The van der Waals surface area contributed by atoms with Gasteiger partial charge >= 0.3 is 0 Å². The van der Waals surface area contributed by atoms with E-state index in [1.165, 1.54) is 6.33 Å². The Labute approximate surface area is 259 Å². The Morgan fingerprint density at radius 3 is 2.49 bits per heavy atom. The minimum atomic E-state index is -0.555. The molecule has 0 bridgehead atoms. The molecule has 12 heteroatoms. The first-order valence-corrected chi connectivity index (χ1v) is 15.6. The summed E-state index contributed by atoms with van der Waals surface area (Å²) in [5.41, 5.74) is 8.12. The highest BCUT2D eigenvalue weighted by atomic mass is 35.5. The van der Waals surface area contributed by atoms with Crippen LogP contribution in [-0.4, -0.2) is 120 Å². The van der Waals surface area contributed by atoms with E-state index >= 15 is 0 Å². The van der Waals surface area contributed by atoms with Gasteiger partial charge in [0.05, 0.1) is 24.3 Å². The summed E-state index contributed by atoms with van der Waals surface area (Å²) in [6, 6.07) is 7.68. The van der Waals surface area contributed by atoms with Crippen LogP contribution < -0.4 is 10.6 Å². The normalized spacial score (nSPS) is 19.2. The molecule has 11 nitrogen and oxygen atoms in total. The van der Waals surface area contributed by atoms with E-state index in [4.69, 9.17) is 22.1 Å². The fourth-order valence-corrected chi connectivity index (χ4v) is 6.01. The molecule has 4 rings (SSSR count). The minimum absolute atomic E-state index is 0.00452. The highest BCUT2D eigenvalue weighted by Crippen LogP contribution is 2.42. The fourth-order valence-electron chi connectivity index (χ4n) is 5.89. The SMILES string of the molecule is CC(C)N(CCN(C)C(=O)COCCN)CC(C(=O)N1CCN(c2ncnc3c2[C@H](C)C[C@H]3O)CC1)c1ccc(Cl)cc1. The number of carbonyl (C=O) groups is 2. The number of aromatic nitrogens is 2. The minimum Gasteiger partial charge on any atom is -0.387 e. The zero-order valence-electron chi connectivity index (χ0n) is 25.8. The lowest BCUT2D eigenvalue weighted by atomic mass is 9.95. The maximum absolute atomic E-state index is 14.2. The molecule has 2 aliphatic rings. The van der Waals surface area contributed by atoms with Crippen molar-refractivity contribution in [2.24, 2.45) is 5.73 Å². The summed E-state index contributed by atoms with van der Waals surface area (Å²) in [6.45, 7) is 11.1. The Balaban J connectivity index is 1.45. The maximum atomic E-state index is 14.2. The van der Waals surface area contributed by atoms with E-state index in [2.05, 4.69) is 40.5 Å². The molecule has 0 spiro atoms. The van der Waals surface area contributed by atoms with Crippen LogP contribution in [0.4, 0.5) is 5.82 Å². The Kier molecular flexibility index (Phi) is 11.7. The lowest BCUT2D eigenvalue weighted by molar-refractivity contribution is -0.136. The third kappa shape index (κ3) is 8.21. The van der Waals surface area contributed by atoms with Gasteiger partial charge in [-0.25, -0.2) is 9.97 Å². The second kappa shape index (κ2) is 15.3. The number of amides is 2. The van der Waals surface area contributed by atoms with Crippen LogP contribution in [0, 0.1) is 0 Å². The van der Waals surface area contributed by atoms with Crippen molar-refractivity contribution in [1.82, 2.24) is 24.7 Å². The molecule has 1 aromatic carbocycles. The van der Waals surface area contributed by atoms with Crippen molar-refractivity contribution in [3.63, 3.8) is 0 Å². The number of hydrogen-bond donors (Lipinski definition) is 2. The van der Waals surface area contributed by atoms with Gasteiger partial charge in [0.1, 0.15) is 18.8 Å². The summed E-state index contributed by atoms with van der Waals surface area (Å²) >= 11 is 6.20. The predicted octanol–water partition coefficient (Wildman–Crippen LogP) is 2.25. The second-order valence-corrected chi connectivity index (χ2v) is 12.2. The first-order chi connectivity index (χ1) is 20.6. The number of nitrogens with two attached hydrogens (primary N) is 1. The van der Waals surface area contributed by atoms with Gasteiger partial charge in [0.2, 0.25) is 11.8 Å². The molecule has 1 saturated heterocycles. The number of piperazine rings is 1. The van der Waals surface area contributed by atoms with Crippen molar-refractivity contribution in [3.8, 4) is 0 Å². The largest absolute Gasteiger partial charge is 0.387 e. The van der Waals surface area contributed by atoms with Crippen LogP contribution in [0.15, 0.2) is 30.6 Å². The van der Waals surface area contributed by atoms with E-state index in [0.717, 1.165) is 22.6 Å². The van der Waals surface area contributed by atoms with Crippen LogP contribution in [0.2, 0.25) is 5.02 Å². The van der Waals surface area contributed by atoms with Crippen molar-refractivity contribution < 1.29 is 19.4 Å². The molecule has 1 aliphatic heterocycles. The van der Waals surface area contributed by atoms with E-state index in [1.54, 1.807) is 11.9 Å². The molecular weight excluding hydrogens is 570 g/mol. The van der Waals surface area contributed by atoms with Gasteiger partial charge in [-0.15, -0.1) is 0 Å². The standard InChI is InChI=1S/C31H46ClN7O4/c1-21(2)39(11-10-36(4)27(41)19-43-16-9-33)18-25(23-5-7-24(32)8-6-23)31(42)38-14-12-37(13-15-38)30-28-22(3)17-26(40)29(28)34-20-35-30/h5-8,20-22,25-26,40H,9-19,33H2,1-4H3/t22-,25?,26-/m1/s1. The summed E-state index contributed by atoms with van der Waals surface area (Å²) in [6.07, 6.45) is 1.63. The van der Waals surface area contributed by atoms with Crippen LogP contribution in [-0.2, 0) is 14.3 Å². The number of ether oxygens (including phenoxy) is 1. The molecule has 3 N–H and O–H groups in total. The quantitative estimate of drug-likeness (QED) is 0.326. The third-order valence-corrected chi connectivity index (χ3v) is 8.78. The summed E-state index contributed by atoms with van der Waals surface area (Å²) < 4.78 is 5.31. The highest BCUT2D eigenvalue weighted by Gasteiger charge is 2.35. The molecule has 1 aromatic heterocycles.